The molecule has 1 aliphatic heterocycles. The molecule has 1 fully saturated rings. The quantitative estimate of drug-likeness (QED) is 0.551. The van der Waals surface area contributed by atoms with Crippen LogP contribution in [0, 0.1) is 0 Å². The highest BCUT2D eigenvalue weighted by atomic mass is 32.2. The SMILES string of the molecule is CC(CO)(CO)NCN1C(=O)CSC1=S. The van der Waals surface area contributed by atoms with Crippen molar-refractivity contribution in [2.24, 2.45) is 0 Å². The van der Waals surface area contributed by atoms with Crippen LogP contribution in [0.1, 0.15) is 6.92 Å². The van der Waals surface area contributed by atoms with Gasteiger partial charge in [0.15, 0.2) is 0 Å². The van der Waals surface area contributed by atoms with Crippen LogP contribution in [0.15, 0.2) is 0 Å². The minimum atomic E-state index is -0.789. The average Bonchev–Trinajstić information content (AvgIpc) is 2.56. The summed E-state index contributed by atoms with van der Waals surface area (Å²) in [6.45, 7) is 1.49. The molecule has 0 aromatic carbocycles. The van der Waals surface area contributed by atoms with Crippen molar-refractivity contribution in [1.29, 1.82) is 0 Å². The number of aliphatic hydroxyl groups is 2. The Morgan fingerprint density at radius 3 is 2.60 bits per heavy atom. The topological polar surface area (TPSA) is 72.8 Å². The maximum Gasteiger partial charge on any atom is 0.239 e. The molecule has 1 heterocycles. The first kappa shape index (κ1) is 12.9. The van der Waals surface area contributed by atoms with Gasteiger partial charge in [-0.05, 0) is 6.92 Å². The Morgan fingerprint density at radius 2 is 2.20 bits per heavy atom. The zero-order valence-electron chi connectivity index (χ0n) is 8.39. The zero-order chi connectivity index (χ0) is 11.5. The Morgan fingerprint density at radius 1 is 1.60 bits per heavy atom. The van der Waals surface area contributed by atoms with Gasteiger partial charge in [0.25, 0.3) is 0 Å². The third-order valence-corrected chi connectivity index (χ3v) is 3.64. The van der Waals surface area contributed by atoms with Gasteiger partial charge in [-0.2, -0.15) is 0 Å². The van der Waals surface area contributed by atoms with Crippen LogP contribution >= 0.6 is 24.0 Å². The molecule has 0 aliphatic carbocycles. The number of carbonyl (C=O) groups excluding carboxylic acids is 1. The van der Waals surface area contributed by atoms with Gasteiger partial charge in [-0.25, -0.2) is 0 Å². The fourth-order valence-electron chi connectivity index (χ4n) is 0.966. The minimum Gasteiger partial charge on any atom is -0.394 e. The van der Waals surface area contributed by atoms with Crippen LogP contribution in [-0.4, -0.2) is 56.5 Å². The number of aliphatic hydroxyl groups excluding tert-OH is 2. The molecular formula is C8H14N2O3S2. The molecule has 0 aromatic heterocycles. The van der Waals surface area contributed by atoms with Crippen LogP contribution in [0.25, 0.3) is 0 Å². The van der Waals surface area contributed by atoms with E-state index in [1.54, 1.807) is 6.92 Å². The summed E-state index contributed by atoms with van der Waals surface area (Å²) in [6, 6.07) is 0. The van der Waals surface area contributed by atoms with Gasteiger partial charge >= 0.3 is 0 Å². The Hall–Kier alpha value is -0.210. The predicted octanol–water partition coefficient (Wildman–Crippen LogP) is -0.863. The Kier molecular flexibility index (Phi) is 4.47. The molecule has 5 nitrogen and oxygen atoms in total. The lowest BCUT2D eigenvalue weighted by Gasteiger charge is -2.28. The molecule has 1 rings (SSSR count). The molecule has 0 spiro atoms. The summed E-state index contributed by atoms with van der Waals surface area (Å²) < 4.78 is 0.533. The summed E-state index contributed by atoms with van der Waals surface area (Å²) in [5.41, 5.74) is -0.789. The van der Waals surface area contributed by atoms with E-state index in [-0.39, 0.29) is 25.8 Å². The standard InChI is InChI=1S/C8H14N2O3S2/c1-8(3-11,4-12)9-5-10-6(13)2-15-7(10)14/h9,11-12H,2-5H2,1H3. The average molecular weight is 250 g/mol. The van der Waals surface area contributed by atoms with Gasteiger partial charge in [0.1, 0.15) is 4.32 Å². The number of thiocarbonyl (C=S) groups is 1. The highest BCUT2D eigenvalue weighted by molar-refractivity contribution is 8.23. The van der Waals surface area contributed by atoms with Crippen LogP contribution in [0.5, 0.6) is 0 Å². The van der Waals surface area contributed by atoms with Gasteiger partial charge < -0.3 is 10.2 Å². The molecule has 3 N–H and O–H groups in total. The van der Waals surface area contributed by atoms with Crippen LogP contribution in [0.4, 0.5) is 0 Å². The van der Waals surface area contributed by atoms with Crippen molar-refractivity contribution in [2.75, 3.05) is 25.6 Å². The Bertz CT molecular complexity index is 253. The summed E-state index contributed by atoms with van der Waals surface area (Å²) in [6.07, 6.45) is 0. The maximum absolute atomic E-state index is 11.3. The van der Waals surface area contributed by atoms with Crippen molar-refractivity contribution < 1.29 is 15.0 Å². The highest BCUT2D eigenvalue weighted by Crippen LogP contribution is 2.18. The second-order valence-electron chi connectivity index (χ2n) is 3.59. The summed E-state index contributed by atoms with van der Waals surface area (Å²) in [4.78, 5) is 12.8. The number of carbonyl (C=O) groups is 1. The van der Waals surface area contributed by atoms with E-state index in [9.17, 15) is 4.79 Å². The van der Waals surface area contributed by atoms with E-state index in [0.29, 0.717) is 10.1 Å². The molecule has 7 heteroatoms. The van der Waals surface area contributed by atoms with Crippen molar-refractivity contribution in [3.63, 3.8) is 0 Å². The number of thioether (sulfide) groups is 1. The lowest BCUT2D eigenvalue weighted by molar-refractivity contribution is -0.124. The molecule has 0 unspecified atom stereocenters. The molecule has 0 atom stereocenters. The second kappa shape index (κ2) is 5.22. The van der Waals surface area contributed by atoms with E-state index in [1.165, 1.54) is 16.7 Å². The van der Waals surface area contributed by atoms with Crippen molar-refractivity contribution in [3.05, 3.63) is 0 Å². The lowest BCUT2D eigenvalue weighted by atomic mass is 10.1. The van der Waals surface area contributed by atoms with Crippen LogP contribution in [-0.2, 0) is 4.79 Å². The number of rotatable bonds is 5. The minimum absolute atomic E-state index is 0.0456. The first-order valence-electron chi connectivity index (χ1n) is 4.46. The van der Waals surface area contributed by atoms with Gasteiger partial charge in [-0.3, -0.25) is 15.0 Å². The fraction of sp³-hybridized carbons (Fsp3) is 0.750. The van der Waals surface area contributed by atoms with Crippen molar-refractivity contribution in [2.45, 2.75) is 12.5 Å². The first-order chi connectivity index (χ1) is 7.02. The summed E-state index contributed by atoms with van der Waals surface area (Å²) in [5.74, 6) is 0.325. The first-order valence-corrected chi connectivity index (χ1v) is 5.86. The normalized spacial score (nSPS) is 17.7. The van der Waals surface area contributed by atoms with E-state index in [0.717, 1.165) is 0 Å². The Labute approximate surface area is 97.8 Å². The number of hydrogen-bond acceptors (Lipinski definition) is 6. The van der Waals surface area contributed by atoms with Crippen LogP contribution in [0.3, 0.4) is 0 Å². The molecule has 1 saturated heterocycles. The smallest absolute Gasteiger partial charge is 0.239 e. The van der Waals surface area contributed by atoms with Gasteiger partial charge in [0.05, 0.1) is 31.2 Å². The molecule has 15 heavy (non-hydrogen) atoms. The number of nitrogens with zero attached hydrogens (tertiary/aromatic N) is 1. The molecule has 1 aliphatic rings. The highest BCUT2D eigenvalue weighted by Gasteiger charge is 2.29. The fourth-order valence-corrected chi connectivity index (χ4v) is 2.03. The van der Waals surface area contributed by atoms with E-state index in [1.807, 2.05) is 0 Å². The van der Waals surface area contributed by atoms with Gasteiger partial charge in [0, 0.05) is 0 Å². The van der Waals surface area contributed by atoms with E-state index in [2.05, 4.69) is 5.32 Å². The lowest BCUT2D eigenvalue weighted by Crippen LogP contribution is -2.53. The molecule has 86 valence electrons. The second-order valence-corrected chi connectivity index (χ2v) is 5.20. The van der Waals surface area contributed by atoms with Crippen molar-refractivity contribution >= 4 is 34.2 Å². The van der Waals surface area contributed by atoms with Gasteiger partial charge in [-0.15, -0.1) is 0 Å². The van der Waals surface area contributed by atoms with Crippen LogP contribution < -0.4 is 5.32 Å². The predicted molar refractivity (Wildman–Crippen MR) is 62.5 cm³/mol. The van der Waals surface area contributed by atoms with Crippen molar-refractivity contribution in [3.8, 4) is 0 Å². The number of amides is 1. The summed E-state index contributed by atoms with van der Waals surface area (Å²) in [5, 5.41) is 21.0. The van der Waals surface area contributed by atoms with E-state index in [4.69, 9.17) is 22.4 Å². The third kappa shape index (κ3) is 3.12. The molecule has 0 bridgehead atoms. The van der Waals surface area contributed by atoms with Gasteiger partial charge in [0.2, 0.25) is 5.91 Å². The maximum atomic E-state index is 11.3. The summed E-state index contributed by atoms with van der Waals surface area (Å²) in [7, 11) is 0. The molecule has 0 aromatic rings. The largest absolute Gasteiger partial charge is 0.394 e. The van der Waals surface area contributed by atoms with Gasteiger partial charge in [-0.1, -0.05) is 24.0 Å². The molecule has 0 radical (unpaired) electrons. The van der Waals surface area contributed by atoms with E-state index < -0.39 is 5.54 Å². The van der Waals surface area contributed by atoms with E-state index >= 15 is 0 Å². The summed E-state index contributed by atoms with van der Waals surface area (Å²) >= 11 is 6.30. The van der Waals surface area contributed by atoms with Crippen molar-refractivity contribution in [1.82, 2.24) is 10.2 Å². The molecule has 0 saturated carbocycles. The zero-order valence-corrected chi connectivity index (χ0v) is 10.0. The third-order valence-electron chi connectivity index (χ3n) is 2.20. The Balaban J connectivity index is 2.49. The molecular weight excluding hydrogens is 236 g/mol. The molecule has 1 amide bonds. The monoisotopic (exact) mass is 250 g/mol. The number of hydrogen-bond donors (Lipinski definition) is 3. The number of nitrogens with one attached hydrogen (secondary N) is 1. The van der Waals surface area contributed by atoms with Crippen LogP contribution in [0.2, 0.25) is 0 Å².